The highest BCUT2D eigenvalue weighted by Gasteiger charge is 2.04. The van der Waals surface area contributed by atoms with Crippen LogP contribution in [0.5, 0.6) is 5.75 Å². The summed E-state index contributed by atoms with van der Waals surface area (Å²) in [6.07, 6.45) is 3.82. The summed E-state index contributed by atoms with van der Waals surface area (Å²) >= 11 is 8.94. The molecule has 0 aliphatic carbocycles. The molecule has 96 valence electrons. The fourth-order valence-corrected chi connectivity index (χ4v) is 2.97. The number of hydrogen-bond acceptors (Lipinski definition) is 5. The Morgan fingerprint density at radius 3 is 2.94 bits per heavy atom. The number of aromatic nitrogens is 1. The molecule has 2 aromatic rings. The first-order valence-electron chi connectivity index (χ1n) is 5.29. The van der Waals surface area contributed by atoms with E-state index in [1.165, 1.54) is 11.3 Å². The average Bonchev–Trinajstić information content (AvgIpc) is 2.81. The predicted octanol–water partition coefficient (Wildman–Crippen LogP) is 4.14. The minimum atomic E-state index is 0.571. The summed E-state index contributed by atoms with van der Waals surface area (Å²) in [4.78, 5) is 6.24. The predicted molar refractivity (Wildman–Crippen MR) is 79.2 cm³/mol. The van der Waals surface area contributed by atoms with Crippen molar-refractivity contribution >= 4 is 40.4 Å². The molecular formula is C12H13ClN2OS2. The number of nitrogens with zero attached hydrogens (tertiary/aromatic N) is 1. The Kier molecular flexibility index (Phi) is 4.74. The highest BCUT2D eigenvalue weighted by atomic mass is 35.5. The second kappa shape index (κ2) is 6.31. The molecule has 18 heavy (non-hydrogen) atoms. The van der Waals surface area contributed by atoms with Gasteiger partial charge in [-0.05, 0) is 18.4 Å². The van der Waals surface area contributed by atoms with Crippen LogP contribution in [0.3, 0.4) is 0 Å². The van der Waals surface area contributed by atoms with Crippen LogP contribution in [0.15, 0.2) is 29.3 Å². The Labute approximate surface area is 120 Å². The van der Waals surface area contributed by atoms with Gasteiger partial charge in [-0.2, -0.15) is 0 Å². The lowest BCUT2D eigenvalue weighted by Crippen LogP contribution is -1.98. The van der Waals surface area contributed by atoms with E-state index in [1.807, 2.05) is 24.5 Å². The fraction of sp³-hybridized carbons (Fsp3) is 0.250. The molecule has 1 aromatic carbocycles. The third-order valence-electron chi connectivity index (χ3n) is 2.38. The van der Waals surface area contributed by atoms with E-state index >= 15 is 0 Å². The molecule has 0 bridgehead atoms. The summed E-state index contributed by atoms with van der Waals surface area (Å²) in [5.41, 5.74) is 1.02. The minimum absolute atomic E-state index is 0.571. The van der Waals surface area contributed by atoms with Crippen molar-refractivity contribution in [2.24, 2.45) is 0 Å². The molecule has 0 spiro atoms. The van der Waals surface area contributed by atoms with E-state index in [0.29, 0.717) is 11.0 Å². The van der Waals surface area contributed by atoms with E-state index in [1.54, 1.807) is 25.1 Å². The summed E-state index contributed by atoms with van der Waals surface area (Å²) < 4.78 is 5.91. The van der Waals surface area contributed by atoms with E-state index in [4.69, 9.17) is 16.3 Å². The van der Waals surface area contributed by atoms with E-state index in [0.717, 1.165) is 21.2 Å². The van der Waals surface area contributed by atoms with E-state index in [2.05, 4.69) is 10.3 Å². The lowest BCUT2D eigenvalue weighted by molar-refractivity contribution is 0.405. The Balaban J connectivity index is 2.05. The Bertz CT molecular complexity index is 531. The van der Waals surface area contributed by atoms with Gasteiger partial charge < -0.3 is 10.1 Å². The number of methoxy groups -OCH3 is 1. The number of halogens is 1. The maximum atomic E-state index is 5.79. The van der Waals surface area contributed by atoms with Crippen LogP contribution in [0.2, 0.25) is 4.47 Å². The second-order valence-electron chi connectivity index (χ2n) is 3.50. The van der Waals surface area contributed by atoms with Gasteiger partial charge in [0.15, 0.2) is 4.47 Å². The Morgan fingerprint density at radius 2 is 2.33 bits per heavy atom. The van der Waals surface area contributed by atoms with Crippen molar-refractivity contribution < 1.29 is 4.74 Å². The van der Waals surface area contributed by atoms with Crippen LogP contribution in [0, 0.1) is 0 Å². The van der Waals surface area contributed by atoms with E-state index in [-0.39, 0.29) is 0 Å². The average molecular weight is 301 g/mol. The molecule has 3 nitrogen and oxygen atoms in total. The Morgan fingerprint density at radius 1 is 1.50 bits per heavy atom. The molecule has 0 radical (unpaired) electrons. The summed E-state index contributed by atoms with van der Waals surface area (Å²) in [6.45, 7) is 0.714. The standard InChI is InChI=1S/C12H13ClN2OS2/c1-16-10-5-8(3-4-11(10)17-2)14-6-9-7-15-12(13)18-9/h3-5,7,14H,6H2,1-2H3. The van der Waals surface area contributed by atoms with Gasteiger partial charge >= 0.3 is 0 Å². The largest absolute Gasteiger partial charge is 0.496 e. The van der Waals surface area contributed by atoms with Crippen LogP contribution < -0.4 is 10.1 Å². The maximum Gasteiger partial charge on any atom is 0.183 e. The first-order chi connectivity index (χ1) is 8.72. The van der Waals surface area contributed by atoms with Crippen molar-refractivity contribution in [2.45, 2.75) is 11.4 Å². The molecule has 0 saturated heterocycles. The number of nitrogens with one attached hydrogen (secondary N) is 1. The summed E-state index contributed by atoms with van der Waals surface area (Å²) in [5.74, 6) is 0.884. The maximum absolute atomic E-state index is 5.79. The van der Waals surface area contributed by atoms with Crippen LogP contribution in [0.1, 0.15) is 4.88 Å². The topological polar surface area (TPSA) is 34.1 Å². The highest BCUT2D eigenvalue weighted by molar-refractivity contribution is 7.98. The summed E-state index contributed by atoms with van der Waals surface area (Å²) in [6, 6.07) is 6.08. The van der Waals surface area contributed by atoms with Gasteiger partial charge in [0, 0.05) is 27.7 Å². The quantitative estimate of drug-likeness (QED) is 0.842. The van der Waals surface area contributed by atoms with Gasteiger partial charge in [0.2, 0.25) is 0 Å². The number of anilines is 1. The number of hydrogen-bond donors (Lipinski definition) is 1. The van der Waals surface area contributed by atoms with Crippen molar-refractivity contribution in [3.05, 3.63) is 33.7 Å². The van der Waals surface area contributed by atoms with Crippen LogP contribution in [0.25, 0.3) is 0 Å². The van der Waals surface area contributed by atoms with Crippen molar-refractivity contribution in [3.8, 4) is 5.75 Å². The summed E-state index contributed by atoms with van der Waals surface area (Å²) in [5, 5.41) is 3.32. The Hall–Kier alpha value is -0.910. The molecule has 1 heterocycles. The number of rotatable bonds is 5. The molecule has 0 saturated carbocycles. The zero-order chi connectivity index (χ0) is 13.0. The molecular weight excluding hydrogens is 288 g/mol. The van der Waals surface area contributed by atoms with Crippen LogP contribution >= 0.6 is 34.7 Å². The van der Waals surface area contributed by atoms with Crippen LogP contribution in [-0.4, -0.2) is 18.3 Å². The third kappa shape index (κ3) is 3.31. The van der Waals surface area contributed by atoms with Crippen molar-refractivity contribution in [2.75, 3.05) is 18.7 Å². The lowest BCUT2D eigenvalue weighted by Gasteiger charge is -2.10. The van der Waals surface area contributed by atoms with Gasteiger partial charge in [-0.25, -0.2) is 4.98 Å². The highest BCUT2D eigenvalue weighted by Crippen LogP contribution is 2.30. The number of thioether (sulfide) groups is 1. The van der Waals surface area contributed by atoms with Crippen LogP contribution in [-0.2, 0) is 6.54 Å². The van der Waals surface area contributed by atoms with Crippen LogP contribution in [0.4, 0.5) is 5.69 Å². The normalized spacial score (nSPS) is 10.4. The molecule has 0 aliphatic heterocycles. The number of ether oxygens (including phenoxy) is 1. The fourth-order valence-electron chi connectivity index (χ4n) is 1.50. The van der Waals surface area contributed by atoms with Gasteiger partial charge in [-0.1, -0.05) is 11.6 Å². The number of thiazole rings is 1. The van der Waals surface area contributed by atoms with Crippen molar-refractivity contribution in [1.82, 2.24) is 4.98 Å². The first kappa shape index (κ1) is 13.5. The molecule has 0 fully saturated rings. The van der Waals surface area contributed by atoms with Gasteiger partial charge in [-0.15, -0.1) is 23.1 Å². The van der Waals surface area contributed by atoms with Crippen molar-refractivity contribution in [1.29, 1.82) is 0 Å². The molecule has 0 aliphatic rings. The first-order valence-corrected chi connectivity index (χ1v) is 7.71. The molecule has 0 unspecified atom stereocenters. The lowest BCUT2D eigenvalue weighted by atomic mass is 10.3. The SMILES string of the molecule is COc1cc(NCc2cnc(Cl)s2)ccc1SC. The molecule has 1 N–H and O–H groups in total. The molecule has 2 rings (SSSR count). The third-order valence-corrected chi connectivity index (χ3v) is 4.27. The molecule has 0 amide bonds. The molecule has 1 aromatic heterocycles. The van der Waals surface area contributed by atoms with Crippen molar-refractivity contribution in [3.63, 3.8) is 0 Å². The second-order valence-corrected chi connectivity index (χ2v) is 6.05. The number of benzene rings is 1. The molecule has 0 atom stereocenters. The smallest absolute Gasteiger partial charge is 0.183 e. The molecule has 6 heteroatoms. The zero-order valence-electron chi connectivity index (χ0n) is 10.1. The van der Waals surface area contributed by atoms with Gasteiger partial charge in [0.25, 0.3) is 0 Å². The minimum Gasteiger partial charge on any atom is -0.496 e. The zero-order valence-corrected chi connectivity index (χ0v) is 12.5. The van der Waals surface area contributed by atoms with E-state index in [9.17, 15) is 0 Å². The summed E-state index contributed by atoms with van der Waals surface area (Å²) in [7, 11) is 1.68. The monoisotopic (exact) mass is 300 g/mol. The van der Waals surface area contributed by atoms with E-state index < -0.39 is 0 Å². The van der Waals surface area contributed by atoms with Gasteiger partial charge in [0.1, 0.15) is 5.75 Å². The van der Waals surface area contributed by atoms with Gasteiger partial charge in [0.05, 0.1) is 13.7 Å². The van der Waals surface area contributed by atoms with Gasteiger partial charge in [-0.3, -0.25) is 0 Å².